The van der Waals surface area contributed by atoms with Crippen LogP contribution >= 0.6 is 0 Å². The Morgan fingerprint density at radius 3 is 2.76 bits per heavy atom. The molecule has 5 nitrogen and oxygen atoms in total. The van der Waals surface area contributed by atoms with Crippen molar-refractivity contribution in [3.05, 3.63) is 46.4 Å². The number of likely N-dealkylation sites (tertiary alicyclic amines) is 1. The third-order valence-electron chi connectivity index (χ3n) is 6.04. The van der Waals surface area contributed by atoms with Crippen LogP contribution < -0.4 is 5.56 Å². The molecule has 25 heavy (non-hydrogen) atoms. The van der Waals surface area contributed by atoms with Crippen molar-refractivity contribution >= 4 is 16.7 Å². The molecule has 5 heteroatoms. The summed E-state index contributed by atoms with van der Waals surface area (Å²) in [6.45, 7) is 1.18. The number of fused-ring (bicyclic) bond motifs is 2. The first kappa shape index (κ1) is 16.3. The summed E-state index contributed by atoms with van der Waals surface area (Å²) in [4.78, 5) is 27.4. The van der Waals surface area contributed by atoms with E-state index < -0.39 is 5.60 Å². The maximum Gasteiger partial charge on any atom is 0.258 e. The summed E-state index contributed by atoms with van der Waals surface area (Å²) in [7, 11) is 1.68. The van der Waals surface area contributed by atoms with Crippen molar-refractivity contribution in [2.24, 2.45) is 13.0 Å². The first-order valence-electron chi connectivity index (χ1n) is 9.10. The molecule has 2 heterocycles. The van der Waals surface area contributed by atoms with Gasteiger partial charge in [-0.1, -0.05) is 31.0 Å². The average Bonchev–Trinajstić information content (AvgIpc) is 2.63. The van der Waals surface area contributed by atoms with E-state index in [2.05, 4.69) is 0 Å². The van der Waals surface area contributed by atoms with E-state index >= 15 is 0 Å². The second-order valence-corrected chi connectivity index (χ2v) is 7.55. The van der Waals surface area contributed by atoms with Crippen LogP contribution in [0.25, 0.3) is 10.8 Å². The maximum atomic E-state index is 13.2. The van der Waals surface area contributed by atoms with Crippen LogP contribution in [-0.2, 0) is 7.05 Å². The average molecular weight is 340 g/mol. The number of benzene rings is 1. The van der Waals surface area contributed by atoms with E-state index in [9.17, 15) is 14.7 Å². The lowest BCUT2D eigenvalue weighted by Crippen LogP contribution is -2.54. The van der Waals surface area contributed by atoms with Crippen molar-refractivity contribution in [3.63, 3.8) is 0 Å². The minimum Gasteiger partial charge on any atom is -0.389 e. The SMILES string of the molecule is Cn1cc(C(=O)N2CC[C@@]3(O)CCCC[C@H]3C2)c2ccccc2c1=O. The van der Waals surface area contributed by atoms with Gasteiger partial charge in [0.2, 0.25) is 0 Å². The Hall–Kier alpha value is -2.14. The Morgan fingerprint density at radius 2 is 1.96 bits per heavy atom. The quantitative estimate of drug-likeness (QED) is 0.866. The predicted octanol–water partition coefficient (Wildman–Crippen LogP) is 2.31. The first-order valence-corrected chi connectivity index (χ1v) is 9.10. The molecule has 1 N–H and O–H groups in total. The maximum absolute atomic E-state index is 13.2. The number of carbonyl (C=O) groups is 1. The van der Waals surface area contributed by atoms with Gasteiger partial charge < -0.3 is 14.6 Å². The summed E-state index contributed by atoms with van der Waals surface area (Å²) in [5.74, 6) is 0.122. The van der Waals surface area contributed by atoms with Gasteiger partial charge in [-0.25, -0.2) is 0 Å². The predicted molar refractivity (Wildman–Crippen MR) is 96.6 cm³/mol. The normalized spacial score (nSPS) is 26.5. The molecule has 2 atom stereocenters. The van der Waals surface area contributed by atoms with Gasteiger partial charge in [-0.3, -0.25) is 9.59 Å². The Labute approximate surface area is 146 Å². The van der Waals surface area contributed by atoms with Crippen molar-refractivity contribution in [3.8, 4) is 0 Å². The number of aliphatic hydroxyl groups is 1. The van der Waals surface area contributed by atoms with E-state index in [1.807, 2.05) is 23.1 Å². The van der Waals surface area contributed by atoms with Crippen molar-refractivity contribution in [1.82, 2.24) is 9.47 Å². The van der Waals surface area contributed by atoms with Gasteiger partial charge in [0.05, 0.1) is 11.2 Å². The van der Waals surface area contributed by atoms with Crippen molar-refractivity contribution < 1.29 is 9.90 Å². The van der Waals surface area contributed by atoms with Crippen molar-refractivity contribution in [2.45, 2.75) is 37.7 Å². The number of hydrogen-bond acceptors (Lipinski definition) is 3. The van der Waals surface area contributed by atoms with Gasteiger partial charge in [0.25, 0.3) is 11.5 Å². The highest BCUT2D eigenvalue weighted by atomic mass is 16.3. The fourth-order valence-electron chi connectivity index (χ4n) is 4.51. The molecular weight excluding hydrogens is 316 g/mol. The van der Waals surface area contributed by atoms with Crippen LogP contribution in [-0.4, -0.2) is 39.2 Å². The lowest BCUT2D eigenvalue weighted by Gasteiger charge is -2.47. The van der Waals surface area contributed by atoms with Gasteiger partial charge >= 0.3 is 0 Å². The van der Waals surface area contributed by atoms with Crippen LogP contribution in [0.3, 0.4) is 0 Å². The lowest BCUT2D eigenvalue weighted by molar-refractivity contribution is -0.0886. The monoisotopic (exact) mass is 340 g/mol. The topological polar surface area (TPSA) is 62.5 Å². The van der Waals surface area contributed by atoms with Crippen LogP contribution in [0, 0.1) is 5.92 Å². The third kappa shape index (κ3) is 2.67. The number of nitrogens with zero attached hydrogens (tertiary/aromatic N) is 2. The Morgan fingerprint density at radius 1 is 1.20 bits per heavy atom. The zero-order valence-electron chi connectivity index (χ0n) is 14.6. The van der Waals surface area contributed by atoms with Gasteiger partial charge in [0.1, 0.15) is 0 Å². The number of amides is 1. The minimum absolute atomic E-state index is 0.0422. The summed E-state index contributed by atoms with van der Waals surface area (Å²) >= 11 is 0. The number of aromatic nitrogens is 1. The molecule has 1 aromatic carbocycles. The van der Waals surface area contributed by atoms with E-state index in [1.165, 1.54) is 4.57 Å². The second kappa shape index (κ2) is 5.99. The third-order valence-corrected chi connectivity index (χ3v) is 6.04. The molecule has 132 valence electrons. The highest BCUT2D eigenvalue weighted by Crippen LogP contribution is 2.40. The molecule has 1 amide bonds. The number of carbonyl (C=O) groups excluding carboxylic acids is 1. The lowest BCUT2D eigenvalue weighted by atomic mass is 9.71. The minimum atomic E-state index is -0.597. The summed E-state index contributed by atoms with van der Waals surface area (Å²) in [6, 6.07) is 7.28. The number of pyridine rings is 1. The highest BCUT2D eigenvalue weighted by molar-refractivity contribution is 6.06. The molecule has 2 aliphatic rings. The number of piperidine rings is 1. The number of rotatable bonds is 1. The molecular formula is C20H24N2O3. The van der Waals surface area contributed by atoms with Crippen molar-refractivity contribution in [1.29, 1.82) is 0 Å². The first-order chi connectivity index (χ1) is 12.0. The van der Waals surface area contributed by atoms with E-state index in [1.54, 1.807) is 19.3 Å². The van der Waals surface area contributed by atoms with E-state index in [0.717, 1.165) is 25.7 Å². The standard InChI is InChI=1S/C20H24N2O3/c1-21-13-17(15-7-2-3-8-16(15)18(21)23)19(24)22-11-10-20(25)9-5-4-6-14(20)12-22/h2-3,7-8,13-14,25H,4-6,9-12H2,1H3/t14-,20-/m0/s1. The number of hydrogen-bond donors (Lipinski definition) is 1. The number of aryl methyl sites for hydroxylation is 1. The van der Waals surface area contributed by atoms with E-state index in [-0.39, 0.29) is 17.4 Å². The van der Waals surface area contributed by atoms with Crippen LogP contribution in [0.2, 0.25) is 0 Å². The molecule has 1 saturated carbocycles. The Bertz CT molecular complexity index is 888. The van der Waals surface area contributed by atoms with E-state index in [4.69, 9.17) is 0 Å². The molecule has 1 aliphatic heterocycles. The zero-order chi connectivity index (χ0) is 17.6. The molecule has 4 rings (SSSR count). The van der Waals surface area contributed by atoms with Crippen LogP contribution in [0.15, 0.2) is 35.3 Å². The summed E-state index contributed by atoms with van der Waals surface area (Å²) in [6.07, 6.45) is 6.32. The zero-order valence-corrected chi connectivity index (χ0v) is 14.6. The summed E-state index contributed by atoms with van der Waals surface area (Å²) < 4.78 is 1.48. The molecule has 2 aromatic rings. The van der Waals surface area contributed by atoms with Gasteiger partial charge in [0, 0.05) is 43.0 Å². The van der Waals surface area contributed by atoms with Crippen LogP contribution in [0.4, 0.5) is 0 Å². The molecule has 1 saturated heterocycles. The van der Waals surface area contributed by atoms with Gasteiger partial charge in [0.15, 0.2) is 0 Å². The molecule has 0 spiro atoms. The van der Waals surface area contributed by atoms with Crippen molar-refractivity contribution in [2.75, 3.05) is 13.1 Å². The largest absolute Gasteiger partial charge is 0.389 e. The van der Waals surface area contributed by atoms with Gasteiger partial charge in [-0.2, -0.15) is 0 Å². The van der Waals surface area contributed by atoms with Gasteiger partial charge in [-0.05, 0) is 25.3 Å². The van der Waals surface area contributed by atoms with E-state index in [0.29, 0.717) is 35.8 Å². The Kier molecular flexibility index (Phi) is 3.91. The molecule has 1 aliphatic carbocycles. The van der Waals surface area contributed by atoms with Crippen LogP contribution in [0.5, 0.6) is 0 Å². The Balaban J connectivity index is 1.69. The molecule has 1 aromatic heterocycles. The smallest absolute Gasteiger partial charge is 0.258 e. The fourth-order valence-corrected chi connectivity index (χ4v) is 4.51. The molecule has 0 radical (unpaired) electrons. The fraction of sp³-hybridized carbons (Fsp3) is 0.500. The highest BCUT2D eigenvalue weighted by Gasteiger charge is 2.43. The summed E-state index contributed by atoms with van der Waals surface area (Å²) in [5, 5.41) is 12.1. The summed E-state index contributed by atoms with van der Waals surface area (Å²) in [5.41, 5.74) is -0.118. The van der Waals surface area contributed by atoms with Gasteiger partial charge in [-0.15, -0.1) is 0 Å². The molecule has 2 fully saturated rings. The molecule has 0 bridgehead atoms. The van der Waals surface area contributed by atoms with Crippen LogP contribution in [0.1, 0.15) is 42.5 Å². The molecule has 0 unspecified atom stereocenters. The second-order valence-electron chi connectivity index (χ2n) is 7.55.